The summed E-state index contributed by atoms with van der Waals surface area (Å²) in [5.41, 5.74) is 2.84. The second-order valence-corrected chi connectivity index (χ2v) is 4.59. The van der Waals surface area contributed by atoms with Crippen LogP contribution in [0.15, 0.2) is 30.5 Å². The largest absolute Gasteiger partial charge is 0.465 e. The Morgan fingerprint density at radius 3 is 2.48 bits per heavy atom. The average molecular weight is 290 g/mol. The SMILES string of the molecule is COCc1nn(Cc2ccc(CO)cc2)cc1C(=O)OC. The highest BCUT2D eigenvalue weighted by Gasteiger charge is 2.16. The molecule has 0 radical (unpaired) electrons. The highest BCUT2D eigenvalue weighted by Crippen LogP contribution is 2.12. The van der Waals surface area contributed by atoms with Gasteiger partial charge < -0.3 is 14.6 Å². The monoisotopic (exact) mass is 290 g/mol. The van der Waals surface area contributed by atoms with Crippen LogP contribution in [-0.2, 0) is 29.2 Å². The first-order valence-electron chi connectivity index (χ1n) is 6.50. The van der Waals surface area contributed by atoms with Gasteiger partial charge in [0.2, 0.25) is 0 Å². The first kappa shape index (κ1) is 15.2. The lowest BCUT2D eigenvalue weighted by Gasteiger charge is -2.03. The zero-order valence-corrected chi connectivity index (χ0v) is 12.1. The van der Waals surface area contributed by atoms with Gasteiger partial charge in [-0.1, -0.05) is 24.3 Å². The van der Waals surface area contributed by atoms with Crippen LogP contribution >= 0.6 is 0 Å². The summed E-state index contributed by atoms with van der Waals surface area (Å²) in [6.45, 7) is 0.798. The minimum absolute atomic E-state index is 0.0204. The predicted octanol–water partition coefficient (Wildman–Crippen LogP) is 1.36. The van der Waals surface area contributed by atoms with E-state index in [0.717, 1.165) is 11.1 Å². The smallest absolute Gasteiger partial charge is 0.341 e. The number of esters is 1. The molecule has 112 valence electrons. The van der Waals surface area contributed by atoms with Crippen molar-refractivity contribution < 1.29 is 19.4 Å². The lowest BCUT2D eigenvalue weighted by atomic mass is 10.1. The number of aromatic nitrogens is 2. The third-order valence-electron chi connectivity index (χ3n) is 3.07. The Morgan fingerprint density at radius 1 is 1.24 bits per heavy atom. The van der Waals surface area contributed by atoms with E-state index in [4.69, 9.17) is 14.6 Å². The Hall–Kier alpha value is -2.18. The lowest BCUT2D eigenvalue weighted by molar-refractivity contribution is 0.0595. The van der Waals surface area contributed by atoms with Gasteiger partial charge in [0.15, 0.2) is 0 Å². The van der Waals surface area contributed by atoms with Crippen LogP contribution in [0.5, 0.6) is 0 Å². The summed E-state index contributed by atoms with van der Waals surface area (Å²) in [5.74, 6) is -0.427. The van der Waals surface area contributed by atoms with Crippen LogP contribution in [0.3, 0.4) is 0 Å². The minimum Gasteiger partial charge on any atom is -0.465 e. The Labute approximate surface area is 122 Å². The molecule has 0 aliphatic carbocycles. The van der Waals surface area contributed by atoms with Crippen molar-refractivity contribution in [2.24, 2.45) is 0 Å². The third-order valence-corrected chi connectivity index (χ3v) is 3.07. The van der Waals surface area contributed by atoms with Crippen molar-refractivity contribution in [3.63, 3.8) is 0 Å². The van der Waals surface area contributed by atoms with Gasteiger partial charge >= 0.3 is 5.97 Å². The molecule has 1 heterocycles. The Balaban J connectivity index is 2.20. The van der Waals surface area contributed by atoms with Crippen LogP contribution in [0.4, 0.5) is 0 Å². The standard InChI is InChI=1S/C15H18N2O4/c1-20-10-14-13(15(19)21-2)8-17(16-14)7-11-3-5-12(9-18)6-4-11/h3-6,8,18H,7,9-10H2,1-2H3. The summed E-state index contributed by atoms with van der Waals surface area (Å²) in [7, 11) is 2.89. The molecule has 0 unspecified atom stereocenters. The molecular formula is C15H18N2O4. The number of ether oxygens (including phenoxy) is 2. The molecular weight excluding hydrogens is 272 g/mol. The number of methoxy groups -OCH3 is 2. The summed E-state index contributed by atoms with van der Waals surface area (Å²) in [4.78, 5) is 11.7. The number of hydrogen-bond acceptors (Lipinski definition) is 5. The summed E-state index contributed by atoms with van der Waals surface area (Å²) in [6, 6.07) is 7.55. The second kappa shape index (κ2) is 7.01. The number of aliphatic hydroxyl groups excluding tert-OH is 1. The first-order valence-corrected chi connectivity index (χ1v) is 6.50. The van der Waals surface area contributed by atoms with Crippen LogP contribution < -0.4 is 0 Å². The topological polar surface area (TPSA) is 73.6 Å². The van der Waals surface area contributed by atoms with Crippen molar-refractivity contribution >= 4 is 5.97 Å². The van der Waals surface area contributed by atoms with Crippen molar-refractivity contribution in [2.45, 2.75) is 19.8 Å². The average Bonchev–Trinajstić information content (AvgIpc) is 2.90. The van der Waals surface area contributed by atoms with E-state index in [0.29, 0.717) is 17.8 Å². The van der Waals surface area contributed by atoms with Crippen LogP contribution in [0.25, 0.3) is 0 Å². The highest BCUT2D eigenvalue weighted by molar-refractivity contribution is 5.90. The van der Waals surface area contributed by atoms with Gasteiger partial charge in [0.05, 0.1) is 26.9 Å². The predicted molar refractivity (Wildman–Crippen MR) is 75.7 cm³/mol. The van der Waals surface area contributed by atoms with E-state index >= 15 is 0 Å². The number of carbonyl (C=O) groups is 1. The van der Waals surface area contributed by atoms with Gasteiger partial charge in [-0.25, -0.2) is 4.79 Å². The van der Waals surface area contributed by atoms with Crippen molar-refractivity contribution in [1.82, 2.24) is 9.78 Å². The van der Waals surface area contributed by atoms with Crippen LogP contribution in [0.1, 0.15) is 27.2 Å². The van der Waals surface area contributed by atoms with Crippen LogP contribution in [0, 0.1) is 0 Å². The molecule has 0 spiro atoms. The zero-order chi connectivity index (χ0) is 15.2. The molecule has 0 saturated heterocycles. The number of hydrogen-bond donors (Lipinski definition) is 1. The van der Waals surface area contributed by atoms with Gasteiger partial charge in [0.1, 0.15) is 11.3 Å². The maximum absolute atomic E-state index is 11.7. The van der Waals surface area contributed by atoms with E-state index in [-0.39, 0.29) is 13.2 Å². The molecule has 6 nitrogen and oxygen atoms in total. The summed E-state index contributed by atoms with van der Waals surface area (Å²) in [6.07, 6.45) is 1.65. The summed E-state index contributed by atoms with van der Waals surface area (Å²) < 4.78 is 11.5. The highest BCUT2D eigenvalue weighted by atomic mass is 16.5. The van der Waals surface area contributed by atoms with E-state index in [1.165, 1.54) is 7.11 Å². The van der Waals surface area contributed by atoms with Crippen molar-refractivity contribution in [3.8, 4) is 0 Å². The van der Waals surface area contributed by atoms with E-state index < -0.39 is 5.97 Å². The Morgan fingerprint density at radius 2 is 1.90 bits per heavy atom. The molecule has 0 fully saturated rings. The summed E-state index contributed by atoms with van der Waals surface area (Å²) >= 11 is 0. The number of carbonyl (C=O) groups excluding carboxylic acids is 1. The molecule has 1 N–H and O–H groups in total. The van der Waals surface area contributed by atoms with Gasteiger partial charge in [-0.05, 0) is 11.1 Å². The molecule has 0 aliphatic heterocycles. The zero-order valence-electron chi connectivity index (χ0n) is 12.1. The Kier molecular flexibility index (Phi) is 5.08. The van der Waals surface area contributed by atoms with E-state index in [1.807, 2.05) is 24.3 Å². The molecule has 1 aromatic heterocycles. The molecule has 6 heteroatoms. The van der Waals surface area contributed by atoms with E-state index in [2.05, 4.69) is 5.10 Å². The second-order valence-electron chi connectivity index (χ2n) is 4.59. The maximum atomic E-state index is 11.7. The van der Waals surface area contributed by atoms with Gasteiger partial charge in [-0.15, -0.1) is 0 Å². The molecule has 2 rings (SSSR count). The molecule has 0 atom stereocenters. The van der Waals surface area contributed by atoms with Gasteiger partial charge in [-0.3, -0.25) is 4.68 Å². The molecule has 1 aromatic carbocycles. The first-order chi connectivity index (χ1) is 10.2. The van der Waals surface area contributed by atoms with Crippen molar-refractivity contribution in [1.29, 1.82) is 0 Å². The van der Waals surface area contributed by atoms with E-state index in [9.17, 15) is 4.79 Å². The summed E-state index contributed by atoms with van der Waals surface area (Å²) in [5, 5.41) is 13.4. The number of nitrogens with zero attached hydrogens (tertiary/aromatic N) is 2. The lowest BCUT2D eigenvalue weighted by Crippen LogP contribution is -2.04. The number of benzene rings is 1. The molecule has 2 aromatic rings. The maximum Gasteiger partial charge on any atom is 0.341 e. The normalized spacial score (nSPS) is 10.6. The fraction of sp³-hybridized carbons (Fsp3) is 0.333. The number of aliphatic hydroxyl groups is 1. The van der Waals surface area contributed by atoms with Gasteiger partial charge in [-0.2, -0.15) is 5.10 Å². The van der Waals surface area contributed by atoms with Crippen LogP contribution in [0.2, 0.25) is 0 Å². The molecule has 0 saturated carbocycles. The fourth-order valence-corrected chi connectivity index (χ4v) is 2.00. The molecule has 21 heavy (non-hydrogen) atoms. The Bertz CT molecular complexity index is 605. The fourth-order valence-electron chi connectivity index (χ4n) is 2.00. The number of rotatable bonds is 6. The van der Waals surface area contributed by atoms with Gasteiger partial charge in [0, 0.05) is 13.3 Å². The molecule has 0 bridgehead atoms. The minimum atomic E-state index is -0.427. The molecule has 0 amide bonds. The third kappa shape index (κ3) is 3.68. The van der Waals surface area contributed by atoms with Crippen molar-refractivity contribution in [3.05, 3.63) is 52.8 Å². The molecule has 0 aliphatic rings. The van der Waals surface area contributed by atoms with Gasteiger partial charge in [0.25, 0.3) is 0 Å². The van der Waals surface area contributed by atoms with Crippen LogP contribution in [-0.4, -0.2) is 35.1 Å². The van der Waals surface area contributed by atoms with Crippen molar-refractivity contribution in [2.75, 3.05) is 14.2 Å². The quantitative estimate of drug-likeness (QED) is 0.813. The van der Waals surface area contributed by atoms with E-state index in [1.54, 1.807) is 18.0 Å².